The third kappa shape index (κ3) is 3.32. The van der Waals surface area contributed by atoms with E-state index in [2.05, 4.69) is 20.9 Å². The van der Waals surface area contributed by atoms with Gasteiger partial charge in [-0.25, -0.2) is 9.78 Å². The van der Waals surface area contributed by atoms with Gasteiger partial charge in [0.15, 0.2) is 0 Å². The van der Waals surface area contributed by atoms with Crippen molar-refractivity contribution in [1.82, 2.24) is 14.8 Å². The average molecular weight is 370 g/mol. The van der Waals surface area contributed by atoms with E-state index in [-0.39, 0.29) is 18.6 Å². The number of ether oxygens (including phenoxy) is 2. The van der Waals surface area contributed by atoms with Crippen LogP contribution in [0.3, 0.4) is 0 Å². The largest absolute Gasteiger partial charge is 0.472 e. The third-order valence-corrected chi connectivity index (χ3v) is 4.28. The van der Waals surface area contributed by atoms with Gasteiger partial charge in [-0.3, -0.25) is 9.69 Å². The molecular weight excluding hydrogens is 354 g/mol. The number of amides is 2. The van der Waals surface area contributed by atoms with Crippen molar-refractivity contribution in [2.24, 2.45) is 0 Å². The molecule has 1 atom stereocenters. The number of carbonyl (C=O) groups is 2. The fourth-order valence-electron chi connectivity index (χ4n) is 2.50. The monoisotopic (exact) mass is 369 g/mol. The Kier molecular flexibility index (Phi) is 4.47. The van der Waals surface area contributed by atoms with E-state index in [4.69, 9.17) is 9.47 Å². The van der Waals surface area contributed by atoms with Crippen molar-refractivity contribution in [2.75, 3.05) is 32.8 Å². The Bertz CT molecular complexity index is 583. The van der Waals surface area contributed by atoms with Crippen molar-refractivity contribution in [3.05, 3.63) is 22.8 Å². The van der Waals surface area contributed by atoms with Gasteiger partial charge in [0, 0.05) is 19.2 Å². The zero-order valence-corrected chi connectivity index (χ0v) is 13.5. The molecule has 2 aliphatic heterocycles. The number of nitrogens with zero attached hydrogens (tertiary/aromatic N) is 3. The molecule has 2 aliphatic rings. The first-order chi connectivity index (χ1) is 10.6. The molecule has 2 amide bonds. The van der Waals surface area contributed by atoms with E-state index in [9.17, 15) is 9.59 Å². The van der Waals surface area contributed by atoms with Gasteiger partial charge in [0.05, 0.1) is 17.6 Å². The summed E-state index contributed by atoms with van der Waals surface area (Å²) in [6, 6.07) is 3.68. The number of pyridine rings is 1. The summed E-state index contributed by atoms with van der Waals surface area (Å²) < 4.78 is 11.4. The lowest BCUT2D eigenvalue weighted by Crippen LogP contribution is -2.40. The highest BCUT2D eigenvalue weighted by molar-refractivity contribution is 9.10. The van der Waals surface area contributed by atoms with Crippen molar-refractivity contribution in [3.8, 4) is 5.88 Å². The first-order valence-corrected chi connectivity index (χ1v) is 7.89. The van der Waals surface area contributed by atoms with Crippen LogP contribution in [0.1, 0.15) is 6.42 Å². The number of cyclic esters (lactones) is 1. The molecule has 1 aromatic rings. The number of hydrogen-bond acceptors (Lipinski definition) is 5. The zero-order chi connectivity index (χ0) is 15.5. The van der Waals surface area contributed by atoms with E-state index in [1.165, 1.54) is 4.90 Å². The lowest BCUT2D eigenvalue weighted by molar-refractivity contribution is -0.130. The second kappa shape index (κ2) is 6.51. The number of carbonyl (C=O) groups excluding carboxylic acids is 2. The Hall–Kier alpha value is -1.83. The Morgan fingerprint density at radius 2 is 2.36 bits per heavy atom. The minimum atomic E-state index is -0.419. The van der Waals surface area contributed by atoms with Crippen LogP contribution < -0.4 is 4.74 Å². The average Bonchev–Trinajstić information content (AvgIpc) is 3.12. The fourth-order valence-corrected chi connectivity index (χ4v) is 2.85. The number of aromatic nitrogens is 1. The van der Waals surface area contributed by atoms with Crippen molar-refractivity contribution < 1.29 is 19.1 Å². The van der Waals surface area contributed by atoms with E-state index in [1.54, 1.807) is 11.1 Å². The van der Waals surface area contributed by atoms with Crippen molar-refractivity contribution in [3.63, 3.8) is 0 Å². The van der Waals surface area contributed by atoms with Crippen LogP contribution in [-0.4, -0.2) is 65.7 Å². The lowest BCUT2D eigenvalue weighted by atomic mass is 10.3. The molecule has 0 radical (unpaired) electrons. The van der Waals surface area contributed by atoms with Gasteiger partial charge >= 0.3 is 6.09 Å². The molecule has 7 nitrogen and oxygen atoms in total. The SMILES string of the molecule is O=C(CN1CCOC1=O)N1CC[C@@H](Oc2ncccc2Br)C1. The van der Waals surface area contributed by atoms with Gasteiger partial charge in [0.2, 0.25) is 11.8 Å². The molecular formula is C14H16BrN3O4. The predicted molar refractivity (Wildman–Crippen MR) is 80.5 cm³/mol. The van der Waals surface area contributed by atoms with Crippen molar-refractivity contribution in [1.29, 1.82) is 0 Å². The first kappa shape index (κ1) is 15.1. The second-order valence-corrected chi connectivity index (χ2v) is 6.05. The van der Waals surface area contributed by atoms with Gasteiger partial charge in [-0.2, -0.15) is 0 Å². The summed E-state index contributed by atoms with van der Waals surface area (Å²) in [6.45, 7) is 2.02. The zero-order valence-electron chi connectivity index (χ0n) is 11.9. The maximum atomic E-state index is 12.2. The summed E-state index contributed by atoms with van der Waals surface area (Å²) in [5.41, 5.74) is 0. The van der Waals surface area contributed by atoms with E-state index < -0.39 is 6.09 Å². The summed E-state index contributed by atoms with van der Waals surface area (Å²) in [5.74, 6) is 0.454. The Morgan fingerprint density at radius 3 is 3.09 bits per heavy atom. The summed E-state index contributed by atoms with van der Waals surface area (Å²) >= 11 is 3.39. The van der Waals surface area contributed by atoms with E-state index in [1.807, 2.05) is 12.1 Å². The first-order valence-electron chi connectivity index (χ1n) is 7.10. The summed E-state index contributed by atoms with van der Waals surface area (Å²) in [5, 5.41) is 0. The van der Waals surface area contributed by atoms with E-state index >= 15 is 0 Å². The second-order valence-electron chi connectivity index (χ2n) is 5.19. The molecule has 8 heteroatoms. The van der Waals surface area contributed by atoms with Crippen LogP contribution in [0, 0.1) is 0 Å². The van der Waals surface area contributed by atoms with Gasteiger partial charge in [-0.1, -0.05) is 0 Å². The lowest BCUT2D eigenvalue weighted by Gasteiger charge is -2.20. The number of hydrogen-bond donors (Lipinski definition) is 0. The van der Waals surface area contributed by atoms with Gasteiger partial charge in [-0.15, -0.1) is 0 Å². The number of rotatable bonds is 4. The fraction of sp³-hybridized carbons (Fsp3) is 0.500. The molecule has 0 spiro atoms. The summed E-state index contributed by atoms with van der Waals surface area (Å²) in [4.78, 5) is 30.9. The van der Waals surface area contributed by atoms with E-state index in [0.29, 0.717) is 32.1 Å². The van der Waals surface area contributed by atoms with Crippen LogP contribution in [0.4, 0.5) is 4.79 Å². The molecule has 3 rings (SSSR count). The van der Waals surface area contributed by atoms with Crippen LogP contribution in [0.5, 0.6) is 5.88 Å². The topological polar surface area (TPSA) is 72.0 Å². The molecule has 3 heterocycles. The maximum absolute atomic E-state index is 12.2. The molecule has 0 unspecified atom stereocenters. The van der Waals surface area contributed by atoms with E-state index in [0.717, 1.165) is 10.9 Å². The highest BCUT2D eigenvalue weighted by Gasteiger charge is 2.31. The molecule has 2 saturated heterocycles. The van der Waals surface area contributed by atoms with Crippen molar-refractivity contribution in [2.45, 2.75) is 12.5 Å². The Balaban J connectivity index is 1.52. The highest BCUT2D eigenvalue weighted by atomic mass is 79.9. The van der Waals surface area contributed by atoms with Crippen molar-refractivity contribution >= 4 is 27.9 Å². The molecule has 0 N–H and O–H groups in total. The standard InChI is InChI=1S/C14H16BrN3O4/c15-11-2-1-4-16-13(11)22-10-3-5-17(8-10)12(19)9-18-6-7-21-14(18)20/h1-2,4,10H,3,5-9H2/t10-/m1/s1. The molecule has 2 fully saturated rings. The quantitative estimate of drug-likeness (QED) is 0.799. The minimum absolute atomic E-state index is 0.0683. The summed E-state index contributed by atoms with van der Waals surface area (Å²) in [7, 11) is 0. The van der Waals surface area contributed by atoms with Gasteiger partial charge < -0.3 is 14.4 Å². The molecule has 0 bridgehead atoms. The highest BCUT2D eigenvalue weighted by Crippen LogP contribution is 2.24. The van der Waals surface area contributed by atoms with Gasteiger partial charge in [-0.05, 0) is 28.1 Å². The molecule has 0 saturated carbocycles. The predicted octanol–water partition coefficient (Wildman–Crippen LogP) is 1.28. The van der Waals surface area contributed by atoms with Crippen LogP contribution in [0.15, 0.2) is 22.8 Å². The van der Waals surface area contributed by atoms with Crippen LogP contribution in [0.25, 0.3) is 0 Å². The number of likely N-dealkylation sites (tertiary alicyclic amines) is 1. The molecule has 0 aromatic carbocycles. The van der Waals surface area contributed by atoms with Gasteiger partial charge in [0.25, 0.3) is 0 Å². The molecule has 0 aliphatic carbocycles. The molecule has 118 valence electrons. The third-order valence-electron chi connectivity index (χ3n) is 3.67. The maximum Gasteiger partial charge on any atom is 0.410 e. The van der Waals surface area contributed by atoms with Crippen LogP contribution in [0.2, 0.25) is 0 Å². The minimum Gasteiger partial charge on any atom is -0.472 e. The summed E-state index contributed by atoms with van der Waals surface area (Å²) in [6.07, 6.45) is 1.91. The van der Waals surface area contributed by atoms with Crippen LogP contribution >= 0.6 is 15.9 Å². The van der Waals surface area contributed by atoms with Crippen LogP contribution in [-0.2, 0) is 9.53 Å². The molecule has 22 heavy (non-hydrogen) atoms. The molecule has 1 aromatic heterocycles. The normalized spacial score (nSPS) is 21.1. The van der Waals surface area contributed by atoms with Gasteiger partial charge in [0.1, 0.15) is 19.3 Å². The Morgan fingerprint density at radius 1 is 1.50 bits per heavy atom. The smallest absolute Gasteiger partial charge is 0.410 e. The Labute approximate surface area is 136 Å². The number of halogens is 1.